The first-order chi connectivity index (χ1) is 7.36. The van der Waals surface area contributed by atoms with Gasteiger partial charge in [0.1, 0.15) is 0 Å². The van der Waals surface area contributed by atoms with Crippen LogP contribution in [0.15, 0.2) is 18.2 Å². The molecule has 0 radical (unpaired) electrons. The maximum Gasteiger partial charge on any atom is 0.416 e. The van der Waals surface area contributed by atoms with E-state index in [0.717, 1.165) is 18.2 Å². The van der Waals surface area contributed by atoms with Gasteiger partial charge in [-0.2, -0.15) is 13.2 Å². The molecular formula is C10H12F3NO2. The molecule has 0 saturated carbocycles. The minimum Gasteiger partial charge on any atom is -0.398 e. The number of nitrogens with two attached hydrogens (primary N) is 1. The Morgan fingerprint density at radius 2 is 1.94 bits per heavy atom. The van der Waals surface area contributed by atoms with E-state index >= 15 is 0 Å². The van der Waals surface area contributed by atoms with Gasteiger partial charge in [-0.3, -0.25) is 0 Å². The Balaban J connectivity index is 3.09. The Morgan fingerprint density at radius 1 is 1.31 bits per heavy atom. The van der Waals surface area contributed by atoms with Gasteiger partial charge in [0.15, 0.2) is 0 Å². The molecule has 1 unspecified atom stereocenters. The summed E-state index contributed by atoms with van der Waals surface area (Å²) in [5.74, 6) is 0. The van der Waals surface area contributed by atoms with E-state index in [1.807, 2.05) is 0 Å². The largest absolute Gasteiger partial charge is 0.416 e. The number of benzene rings is 1. The molecule has 1 atom stereocenters. The second kappa shape index (κ2) is 4.71. The minimum absolute atomic E-state index is 0.0103. The molecule has 4 N–H and O–H groups in total. The zero-order chi connectivity index (χ0) is 12.3. The SMILES string of the molecule is Nc1ccc(C(F)(F)F)cc1C(O)CCO. The van der Waals surface area contributed by atoms with Crippen LogP contribution in [0.4, 0.5) is 18.9 Å². The average molecular weight is 235 g/mol. The smallest absolute Gasteiger partial charge is 0.398 e. The molecule has 90 valence electrons. The molecule has 16 heavy (non-hydrogen) atoms. The number of aliphatic hydroxyl groups is 2. The lowest BCUT2D eigenvalue weighted by Crippen LogP contribution is -2.09. The Kier molecular flexibility index (Phi) is 3.77. The molecule has 0 aromatic heterocycles. The summed E-state index contributed by atoms with van der Waals surface area (Å²) in [5, 5.41) is 18.1. The maximum absolute atomic E-state index is 12.4. The van der Waals surface area contributed by atoms with E-state index in [1.54, 1.807) is 0 Å². The van der Waals surface area contributed by atoms with Gasteiger partial charge in [-0.15, -0.1) is 0 Å². The number of hydrogen-bond donors (Lipinski definition) is 3. The van der Waals surface area contributed by atoms with Crippen LogP contribution in [-0.4, -0.2) is 16.8 Å². The van der Waals surface area contributed by atoms with Gasteiger partial charge in [0.2, 0.25) is 0 Å². The normalized spacial score (nSPS) is 13.8. The molecule has 0 aliphatic rings. The third-order valence-electron chi connectivity index (χ3n) is 2.18. The van der Waals surface area contributed by atoms with Crippen molar-refractivity contribution in [2.45, 2.75) is 18.7 Å². The molecule has 0 aliphatic heterocycles. The first-order valence-electron chi connectivity index (χ1n) is 4.62. The first kappa shape index (κ1) is 12.8. The molecule has 1 aromatic rings. The molecule has 3 nitrogen and oxygen atoms in total. The van der Waals surface area contributed by atoms with E-state index in [9.17, 15) is 18.3 Å². The lowest BCUT2D eigenvalue weighted by Gasteiger charge is -2.15. The molecule has 0 spiro atoms. The molecule has 6 heteroatoms. The van der Waals surface area contributed by atoms with Crippen molar-refractivity contribution in [3.63, 3.8) is 0 Å². The van der Waals surface area contributed by atoms with Gasteiger partial charge in [-0.05, 0) is 18.2 Å². The molecule has 0 fully saturated rings. The molecule has 0 heterocycles. The van der Waals surface area contributed by atoms with E-state index in [1.165, 1.54) is 0 Å². The highest BCUT2D eigenvalue weighted by molar-refractivity contribution is 5.50. The van der Waals surface area contributed by atoms with Crippen LogP contribution in [0.3, 0.4) is 0 Å². The van der Waals surface area contributed by atoms with Crippen molar-refractivity contribution in [2.24, 2.45) is 0 Å². The van der Waals surface area contributed by atoms with Crippen molar-refractivity contribution in [3.8, 4) is 0 Å². The lowest BCUT2D eigenvalue weighted by molar-refractivity contribution is -0.137. The second-order valence-corrected chi connectivity index (χ2v) is 3.37. The van der Waals surface area contributed by atoms with E-state index in [4.69, 9.17) is 10.8 Å². The van der Waals surface area contributed by atoms with Crippen molar-refractivity contribution in [1.29, 1.82) is 0 Å². The van der Waals surface area contributed by atoms with E-state index in [-0.39, 0.29) is 24.3 Å². The topological polar surface area (TPSA) is 66.5 Å². The summed E-state index contributed by atoms with van der Waals surface area (Å²) in [6.07, 6.45) is -5.71. The van der Waals surface area contributed by atoms with Crippen molar-refractivity contribution in [3.05, 3.63) is 29.3 Å². The zero-order valence-corrected chi connectivity index (χ0v) is 8.33. The van der Waals surface area contributed by atoms with Gasteiger partial charge >= 0.3 is 6.18 Å². The first-order valence-corrected chi connectivity index (χ1v) is 4.62. The van der Waals surface area contributed by atoms with Gasteiger partial charge < -0.3 is 15.9 Å². The van der Waals surface area contributed by atoms with Crippen LogP contribution in [0, 0.1) is 0 Å². The summed E-state index contributed by atoms with van der Waals surface area (Å²) in [6.45, 7) is -0.323. The van der Waals surface area contributed by atoms with E-state index in [0.29, 0.717) is 0 Å². The van der Waals surface area contributed by atoms with Gasteiger partial charge in [0.05, 0.1) is 11.7 Å². The van der Waals surface area contributed by atoms with E-state index in [2.05, 4.69) is 0 Å². The van der Waals surface area contributed by atoms with Crippen molar-refractivity contribution in [1.82, 2.24) is 0 Å². The average Bonchev–Trinajstić information content (AvgIpc) is 2.16. The van der Waals surface area contributed by atoms with Gasteiger partial charge in [0, 0.05) is 24.3 Å². The fraction of sp³-hybridized carbons (Fsp3) is 0.400. The number of hydrogen-bond acceptors (Lipinski definition) is 3. The third kappa shape index (κ3) is 2.86. The fourth-order valence-corrected chi connectivity index (χ4v) is 1.32. The summed E-state index contributed by atoms with van der Waals surface area (Å²) < 4.78 is 37.1. The van der Waals surface area contributed by atoms with Crippen molar-refractivity contribution in [2.75, 3.05) is 12.3 Å². The highest BCUT2D eigenvalue weighted by Crippen LogP contribution is 2.33. The Labute approximate surface area is 90.3 Å². The monoisotopic (exact) mass is 235 g/mol. The Hall–Kier alpha value is -1.27. The van der Waals surface area contributed by atoms with Crippen LogP contribution in [-0.2, 0) is 6.18 Å². The highest BCUT2D eigenvalue weighted by Gasteiger charge is 2.31. The van der Waals surface area contributed by atoms with Crippen LogP contribution in [0.5, 0.6) is 0 Å². The van der Waals surface area contributed by atoms with Crippen LogP contribution in [0.25, 0.3) is 0 Å². The second-order valence-electron chi connectivity index (χ2n) is 3.37. The number of alkyl halides is 3. The van der Waals surface area contributed by atoms with Crippen molar-refractivity contribution < 1.29 is 23.4 Å². The van der Waals surface area contributed by atoms with Crippen LogP contribution in [0.2, 0.25) is 0 Å². The Bertz CT molecular complexity index is 366. The number of nitrogen functional groups attached to an aromatic ring is 1. The molecule has 0 amide bonds. The molecule has 0 bridgehead atoms. The molecular weight excluding hydrogens is 223 g/mol. The predicted octanol–water partition coefficient (Wildman–Crippen LogP) is 1.70. The zero-order valence-electron chi connectivity index (χ0n) is 8.33. The Morgan fingerprint density at radius 3 is 2.44 bits per heavy atom. The third-order valence-corrected chi connectivity index (χ3v) is 2.18. The summed E-state index contributed by atoms with van der Waals surface area (Å²) in [6, 6.07) is 2.75. The fourth-order valence-electron chi connectivity index (χ4n) is 1.32. The summed E-state index contributed by atoms with van der Waals surface area (Å²) in [4.78, 5) is 0. The summed E-state index contributed by atoms with van der Waals surface area (Å²) in [7, 11) is 0. The molecule has 1 aromatic carbocycles. The standard InChI is InChI=1S/C10H12F3NO2/c11-10(12,13)6-1-2-8(14)7(5-6)9(16)3-4-15/h1-2,5,9,15-16H,3-4,14H2. The lowest BCUT2D eigenvalue weighted by atomic mass is 10.0. The van der Waals surface area contributed by atoms with Crippen LogP contribution < -0.4 is 5.73 Å². The molecule has 1 rings (SSSR count). The van der Waals surface area contributed by atoms with Crippen LogP contribution in [0.1, 0.15) is 23.7 Å². The predicted molar refractivity (Wildman–Crippen MR) is 52.5 cm³/mol. The number of anilines is 1. The van der Waals surface area contributed by atoms with Crippen molar-refractivity contribution >= 4 is 5.69 Å². The summed E-state index contributed by atoms with van der Waals surface area (Å²) >= 11 is 0. The quantitative estimate of drug-likeness (QED) is 0.698. The van der Waals surface area contributed by atoms with Gasteiger partial charge in [-0.25, -0.2) is 0 Å². The van der Waals surface area contributed by atoms with Gasteiger partial charge in [-0.1, -0.05) is 0 Å². The van der Waals surface area contributed by atoms with E-state index < -0.39 is 17.8 Å². The minimum atomic E-state index is -4.47. The maximum atomic E-state index is 12.4. The molecule has 0 aliphatic carbocycles. The number of halogens is 3. The van der Waals surface area contributed by atoms with Gasteiger partial charge in [0.25, 0.3) is 0 Å². The summed E-state index contributed by atoms with van der Waals surface area (Å²) in [5.41, 5.74) is 4.66. The number of rotatable bonds is 3. The van der Waals surface area contributed by atoms with Crippen LogP contribution >= 0.6 is 0 Å². The number of aliphatic hydroxyl groups excluding tert-OH is 2. The highest BCUT2D eigenvalue weighted by atomic mass is 19.4. The molecule has 0 saturated heterocycles.